The van der Waals surface area contributed by atoms with Gasteiger partial charge < -0.3 is 5.11 Å². The van der Waals surface area contributed by atoms with Gasteiger partial charge in [0.1, 0.15) is 6.33 Å². The standard InChI is InChI=1S/C12H10N2O2/c1-8-3-2-4-9(5-8)10-6-11(12(15)16)14-7-13-10/h2-7H,1H3,(H,15,16). The number of hydrogen-bond donors (Lipinski definition) is 1. The quantitative estimate of drug-likeness (QED) is 0.831. The smallest absolute Gasteiger partial charge is 0.354 e. The van der Waals surface area contributed by atoms with E-state index in [4.69, 9.17) is 5.11 Å². The normalized spacial score (nSPS) is 10.1. The summed E-state index contributed by atoms with van der Waals surface area (Å²) in [6.45, 7) is 1.97. The minimum Gasteiger partial charge on any atom is -0.477 e. The fourth-order valence-corrected chi connectivity index (χ4v) is 1.44. The summed E-state index contributed by atoms with van der Waals surface area (Å²) in [5.74, 6) is -1.05. The van der Waals surface area contributed by atoms with Crippen LogP contribution in [0.3, 0.4) is 0 Å². The molecule has 0 saturated heterocycles. The van der Waals surface area contributed by atoms with E-state index in [-0.39, 0.29) is 5.69 Å². The number of carboxylic acids is 1. The number of aromatic nitrogens is 2. The van der Waals surface area contributed by atoms with E-state index in [1.54, 1.807) is 0 Å². The van der Waals surface area contributed by atoms with Crippen LogP contribution in [0.25, 0.3) is 11.3 Å². The second kappa shape index (κ2) is 4.10. The molecule has 4 heteroatoms. The molecule has 0 amide bonds. The van der Waals surface area contributed by atoms with E-state index in [0.717, 1.165) is 11.1 Å². The zero-order chi connectivity index (χ0) is 11.5. The summed E-state index contributed by atoms with van der Waals surface area (Å²) in [4.78, 5) is 18.5. The minimum atomic E-state index is -1.05. The molecule has 1 aromatic heterocycles. The molecule has 0 atom stereocenters. The van der Waals surface area contributed by atoms with Crippen molar-refractivity contribution in [3.8, 4) is 11.3 Å². The number of rotatable bonds is 2. The van der Waals surface area contributed by atoms with Crippen molar-refractivity contribution >= 4 is 5.97 Å². The van der Waals surface area contributed by atoms with Crippen LogP contribution in [-0.4, -0.2) is 21.0 Å². The Hall–Kier alpha value is -2.23. The topological polar surface area (TPSA) is 63.1 Å². The minimum absolute atomic E-state index is 0.00602. The summed E-state index contributed by atoms with van der Waals surface area (Å²) in [5.41, 5.74) is 2.63. The molecule has 0 unspecified atom stereocenters. The van der Waals surface area contributed by atoms with Crippen molar-refractivity contribution in [1.82, 2.24) is 9.97 Å². The van der Waals surface area contributed by atoms with Crippen molar-refractivity contribution in [3.05, 3.63) is 47.9 Å². The molecule has 0 aliphatic carbocycles. The van der Waals surface area contributed by atoms with Crippen molar-refractivity contribution in [2.75, 3.05) is 0 Å². The van der Waals surface area contributed by atoms with Crippen molar-refractivity contribution in [3.63, 3.8) is 0 Å². The first-order valence-corrected chi connectivity index (χ1v) is 4.79. The molecular weight excluding hydrogens is 204 g/mol. The maximum Gasteiger partial charge on any atom is 0.354 e. The fourth-order valence-electron chi connectivity index (χ4n) is 1.44. The summed E-state index contributed by atoms with van der Waals surface area (Å²) in [6, 6.07) is 9.20. The molecule has 1 aromatic carbocycles. The molecule has 4 nitrogen and oxygen atoms in total. The lowest BCUT2D eigenvalue weighted by Gasteiger charge is -2.02. The predicted molar refractivity (Wildman–Crippen MR) is 59.2 cm³/mol. The Morgan fingerprint density at radius 3 is 2.75 bits per heavy atom. The van der Waals surface area contributed by atoms with Crippen LogP contribution < -0.4 is 0 Å². The third-order valence-corrected chi connectivity index (χ3v) is 2.20. The van der Waals surface area contributed by atoms with Crippen LogP contribution in [0, 0.1) is 6.92 Å². The second-order valence-corrected chi connectivity index (χ2v) is 3.46. The van der Waals surface area contributed by atoms with Gasteiger partial charge in [0.15, 0.2) is 5.69 Å². The predicted octanol–water partition coefficient (Wildman–Crippen LogP) is 2.15. The Kier molecular flexibility index (Phi) is 2.64. The molecule has 1 heterocycles. The highest BCUT2D eigenvalue weighted by atomic mass is 16.4. The van der Waals surface area contributed by atoms with Crippen LogP contribution in [0.15, 0.2) is 36.7 Å². The van der Waals surface area contributed by atoms with Gasteiger partial charge in [-0.15, -0.1) is 0 Å². The second-order valence-electron chi connectivity index (χ2n) is 3.46. The Bertz CT molecular complexity index is 538. The van der Waals surface area contributed by atoms with Crippen LogP contribution >= 0.6 is 0 Å². The third-order valence-electron chi connectivity index (χ3n) is 2.20. The van der Waals surface area contributed by atoms with Gasteiger partial charge in [-0.2, -0.15) is 0 Å². The lowest BCUT2D eigenvalue weighted by molar-refractivity contribution is 0.0690. The molecule has 0 bridgehead atoms. The lowest BCUT2D eigenvalue weighted by atomic mass is 10.1. The van der Waals surface area contributed by atoms with Crippen molar-refractivity contribution in [2.45, 2.75) is 6.92 Å². The van der Waals surface area contributed by atoms with E-state index < -0.39 is 5.97 Å². The summed E-state index contributed by atoms with van der Waals surface area (Å²) < 4.78 is 0. The number of benzene rings is 1. The highest BCUT2D eigenvalue weighted by Gasteiger charge is 2.07. The van der Waals surface area contributed by atoms with Gasteiger partial charge in [0.2, 0.25) is 0 Å². The average molecular weight is 214 g/mol. The monoisotopic (exact) mass is 214 g/mol. The Morgan fingerprint density at radius 1 is 1.25 bits per heavy atom. The number of carbonyl (C=O) groups is 1. The molecule has 0 radical (unpaired) electrons. The van der Waals surface area contributed by atoms with E-state index in [0.29, 0.717) is 5.69 Å². The molecule has 0 aliphatic heterocycles. The van der Waals surface area contributed by atoms with E-state index in [9.17, 15) is 4.79 Å². The summed E-state index contributed by atoms with van der Waals surface area (Å²) in [5, 5.41) is 8.82. The van der Waals surface area contributed by atoms with E-state index in [1.807, 2.05) is 31.2 Å². The van der Waals surface area contributed by atoms with Gasteiger partial charge >= 0.3 is 5.97 Å². The molecule has 0 fully saturated rings. The third kappa shape index (κ3) is 2.06. The molecule has 0 spiro atoms. The highest BCUT2D eigenvalue weighted by molar-refractivity contribution is 5.86. The molecule has 80 valence electrons. The average Bonchev–Trinajstić information content (AvgIpc) is 2.29. The van der Waals surface area contributed by atoms with Gasteiger partial charge in [0.25, 0.3) is 0 Å². The molecule has 1 N–H and O–H groups in total. The zero-order valence-corrected chi connectivity index (χ0v) is 8.71. The fraction of sp³-hybridized carbons (Fsp3) is 0.0833. The van der Waals surface area contributed by atoms with E-state index >= 15 is 0 Å². The largest absolute Gasteiger partial charge is 0.477 e. The van der Waals surface area contributed by atoms with Crippen LogP contribution in [0.4, 0.5) is 0 Å². The van der Waals surface area contributed by atoms with Crippen LogP contribution in [0.5, 0.6) is 0 Å². The van der Waals surface area contributed by atoms with Crippen molar-refractivity contribution in [1.29, 1.82) is 0 Å². The number of aryl methyl sites for hydroxylation is 1. The van der Waals surface area contributed by atoms with E-state index in [1.165, 1.54) is 12.4 Å². The summed E-state index contributed by atoms with van der Waals surface area (Å²) in [7, 11) is 0. The van der Waals surface area contributed by atoms with Crippen LogP contribution in [0.1, 0.15) is 16.1 Å². The molecular formula is C12H10N2O2. The SMILES string of the molecule is Cc1cccc(-c2cc(C(=O)O)ncn2)c1. The van der Waals surface area contributed by atoms with Crippen molar-refractivity contribution in [2.24, 2.45) is 0 Å². The first-order valence-electron chi connectivity index (χ1n) is 4.79. The molecule has 2 aromatic rings. The lowest BCUT2D eigenvalue weighted by Crippen LogP contribution is -2.01. The number of hydrogen-bond acceptors (Lipinski definition) is 3. The van der Waals surface area contributed by atoms with Gasteiger partial charge in [-0.1, -0.05) is 23.8 Å². The number of carboxylic acid groups (broad SMARTS) is 1. The first-order chi connectivity index (χ1) is 7.66. The highest BCUT2D eigenvalue weighted by Crippen LogP contribution is 2.17. The molecule has 0 saturated carbocycles. The maximum atomic E-state index is 10.8. The number of nitrogens with zero attached hydrogens (tertiary/aromatic N) is 2. The Labute approximate surface area is 92.6 Å². The maximum absolute atomic E-state index is 10.8. The Morgan fingerprint density at radius 2 is 2.06 bits per heavy atom. The molecule has 0 aliphatic rings. The van der Waals surface area contributed by atoms with Gasteiger partial charge in [-0.3, -0.25) is 0 Å². The number of aromatic carboxylic acids is 1. The molecule has 16 heavy (non-hydrogen) atoms. The summed E-state index contributed by atoms with van der Waals surface area (Å²) >= 11 is 0. The molecule has 2 rings (SSSR count). The van der Waals surface area contributed by atoms with Gasteiger partial charge in [0.05, 0.1) is 5.69 Å². The van der Waals surface area contributed by atoms with Gasteiger partial charge in [-0.25, -0.2) is 14.8 Å². The zero-order valence-electron chi connectivity index (χ0n) is 8.71. The van der Waals surface area contributed by atoms with Crippen LogP contribution in [0.2, 0.25) is 0 Å². The van der Waals surface area contributed by atoms with Gasteiger partial charge in [0, 0.05) is 5.56 Å². The van der Waals surface area contributed by atoms with Crippen LogP contribution in [-0.2, 0) is 0 Å². The van der Waals surface area contributed by atoms with E-state index in [2.05, 4.69) is 9.97 Å². The Balaban J connectivity index is 2.48. The summed E-state index contributed by atoms with van der Waals surface area (Å²) in [6.07, 6.45) is 1.26. The van der Waals surface area contributed by atoms with Crippen molar-refractivity contribution < 1.29 is 9.90 Å². The van der Waals surface area contributed by atoms with Gasteiger partial charge in [-0.05, 0) is 19.1 Å². The first kappa shape index (κ1) is 10.3.